The minimum absolute atomic E-state index is 0.450. The summed E-state index contributed by atoms with van der Waals surface area (Å²) in [6.07, 6.45) is 2.42. The molecule has 0 atom stereocenters. The Morgan fingerprint density at radius 3 is 3.00 bits per heavy atom. The van der Waals surface area contributed by atoms with Crippen LogP contribution in [0.15, 0.2) is 10.6 Å². The van der Waals surface area contributed by atoms with Crippen LogP contribution >= 0.6 is 0 Å². The summed E-state index contributed by atoms with van der Waals surface area (Å²) in [5.41, 5.74) is 1.46. The topological polar surface area (TPSA) is 41.3 Å². The van der Waals surface area contributed by atoms with Crippen LogP contribution in [0.2, 0.25) is 0 Å². The molecule has 1 fully saturated rings. The molecule has 0 aliphatic carbocycles. The first-order valence-corrected chi connectivity index (χ1v) is 6.96. The molecule has 4 nitrogen and oxygen atoms in total. The second kappa shape index (κ2) is 5.85. The highest BCUT2D eigenvalue weighted by atomic mass is 16.5. The van der Waals surface area contributed by atoms with Crippen molar-refractivity contribution in [3.63, 3.8) is 0 Å². The third-order valence-corrected chi connectivity index (χ3v) is 3.48. The molecule has 0 aromatic carbocycles. The van der Waals surface area contributed by atoms with E-state index in [2.05, 4.69) is 42.2 Å². The standard InChI is InChI=1S/C14H25N3O/c1-4-6-15-9-12-8-13(18-16-12)10-17-7-5-14(2,3)11-17/h8,15H,4-7,9-11H2,1-3H3. The SMILES string of the molecule is CCCNCc1cc(CN2CCC(C)(C)C2)on1. The molecule has 1 aromatic heterocycles. The fourth-order valence-electron chi connectivity index (χ4n) is 2.49. The van der Waals surface area contributed by atoms with Crippen molar-refractivity contribution in [1.29, 1.82) is 0 Å². The number of nitrogens with one attached hydrogen (secondary N) is 1. The summed E-state index contributed by atoms with van der Waals surface area (Å²) in [5.74, 6) is 0.987. The van der Waals surface area contributed by atoms with Gasteiger partial charge in [0.15, 0.2) is 5.76 Å². The number of rotatable bonds is 6. The Bertz CT molecular complexity index is 373. The zero-order valence-corrected chi connectivity index (χ0v) is 11.8. The minimum atomic E-state index is 0.450. The average molecular weight is 251 g/mol. The third kappa shape index (κ3) is 3.82. The van der Waals surface area contributed by atoms with Gasteiger partial charge in [0, 0.05) is 19.2 Å². The first-order valence-electron chi connectivity index (χ1n) is 6.96. The first-order chi connectivity index (χ1) is 8.59. The molecule has 0 bridgehead atoms. The van der Waals surface area contributed by atoms with Crippen LogP contribution in [0.3, 0.4) is 0 Å². The van der Waals surface area contributed by atoms with Crippen molar-refractivity contribution in [3.8, 4) is 0 Å². The highest BCUT2D eigenvalue weighted by Gasteiger charge is 2.29. The van der Waals surface area contributed by atoms with Crippen LogP contribution in [0, 0.1) is 5.41 Å². The van der Waals surface area contributed by atoms with Crippen molar-refractivity contribution in [2.75, 3.05) is 19.6 Å². The molecule has 2 heterocycles. The maximum atomic E-state index is 5.39. The van der Waals surface area contributed by atoms with E-state index in [4.69, 9.17) is 4.52 Å². The van der Waals surface area contributed by atoms with E-state index in [-0.39, 0.29) is 0 Å². The van der Waals surface area contributed by atoms with Crippen LogP contribution in [0.25, 0.3) is 0 Å². The second-order valence-corrected chi connectivity index (χ2v) is 6.09. The lowest BCUT2D eigenvalue weighted by Crippen LogP contribution is -2.22. The van der Waals surface area contributed by atoms with Crippen molar-refractivity contribution < 1.29 is 4.52 Å². The van der Waals surface area contributed by atoms with Crippen LogP contribution in [-0.4, -0.2) is 29.7 Å². The van der Waals surface area contributed by atoms with E-state index in [1.54, 1.807) is 0 Å². The van der Waals surface area contributed by atoms with Crippen LogP contribution in [-0.2, 0) is 13.1 Å². The van der Waals surface area contributed by atoms with Gasteiger partial charge in [-0.2, -0.15) is 0 Å². The van der Waals surface area contributed by atoms with Gasteiger partial charge in [0.2, 0.25) is 0 Å². The smallest absolute Gasteiger partial charge is 0.151 e. The van der Waals surface area contributed by atoms with Crippen molar-refractivity contribution in [2.45, 2.75) is 46.7 Å². The van der Waals surface area contributed by atoms with Gasteiger partial charge in [-0.1, -0.05) is 25.9 Å². The average Bonchev–Trinajstić information content (AvgIpc) is 2.87. The Morgan fingerprint density at radius 2 is 2.33 bits per heavy atom. The zero-order valence-electron chi connectivity index (χ0n) is 11.8. The maximum absolute atomic E-state index is 5.39. The fraction of sp³-hybridized carbons (Fsp3) is 0.786. The normalized spacial score (nSPS) is 19.5. The molecule has 4 heteroatoms. The molecule has 1 N–H and O–H groups in total. The molecule has 0 unspecified atom stereocenters. The number of hydrogen-bond donors (Lipinski definition) is 1. The van der Waals surface area contributed by atoms with Crippen molar-refractivity contribution in [3.05, 3.63) is 17.5 Å². The van der Waals surface area contributed by atoms with Gasteiger partial charge in [-0.05, 0) is 31.3 Å². The molecule has 0 amide bonds. The summed E-state index contributed by atoms with van der Waals surface area (Å²) in [7, 11) is 0. The molecule has 2 rings (SSSR count). The zero-order chi connectivity index (χ0) is 13.0. The van der Waals surface area contributed by atoms with Gasteiger partial charge in [0.1, 0.15) is 0 Å². The molecular formula is C14H25N3O. The molecule has 1 aliphatic rings. The lowest BCUT2D eigenvalue weighted by Gasteiger charge is -2.18. The summed E-state index contributed by atoms with van der Waals surface area (Å²) in [6.45, 7) is 11.9. The summed E-state index contributed by atoms with van der Waals surface area (Å²) in [4.78, 5) is 2.45. The first kappa shape index (κ1) is 13.6. The van der Waals surface area contributed by atoms with Crippen LogP contribution in [0.4, 0.5) is 0 Å². The Morgan fingerprint density at radius 1 is 1.50 bits per heavy atom. The molecule has 0 radical (unpaired) electrons. The number of nitrogens with zero attached hydrogens (tertiary/aromatic N) is 2. The molecule has 1 aromatic rings. The molecule has 0 saturated carbocycles. The highest BCUT2D eigenvalue weighted by Crippen LogP contribution is 2.29. The quantitative estimate of drug-likeness (QED) is 0.788. The number of likely N-dealkylation sites (tertiary alicyclic amines) is 1. The van der Waals surface area contributed by atoms with Gasteiger partial charge in [0.05, 0.1) is 12.2 Å². The molecular weight excluding hydrogens is 226 g/mol. The molecule has 102 valence electrons. The van der Waals surface area contributed by atoms with Crippen LogP contribution < -0.4 is 5.32 Å². The molecule has 18 heavy (non-hydrogen) atoms. The van der Waals surface area contributed by atoms with E-state index < -0.39 is 0 Å². The Labute approximate surface area is 110 Å². The summed E-state index contributed by atoms with van der Waals surface area (Å²) >= 11 is 0. The van der Waals surface area contributed by atoms with E-state index in [1.807, 2.05) is 0 Å². The molecule has 1 aliphatic heterocycles. The van der Waals surface area contributed by atoms with Crippen molar-refractivity contribution in [2.24, 2.45) is 5.41 Å². The fourth-order valence-corrected chi connectivity index (χ4v) is 2.49. The Balaban J connectivity index is 1.80. The Hall–Kier alpha value is -0.870. The van der Waals surface area contributed by atoms with Crippen molar-refractivity contribution in [1.82, 2.24) is 15.4 Å². The van der Waals surface area contributed by atoms with E-state index in [0.29, 0.717) is 5.41 Å². The summed E-state index contributed by atoms with van der Waals surface area (Å²) < 4.78 is 5.39. The lowest BCUT2D eigenvalue weighted by atomic mass is 9.93. The maximum Gasteiger partial charge on any atom is 0.151 e. The van der Waals surface area contributed by atoms with Crippen LogP contribution in [0.5, 0.6) is 0 Å². The number of aromatic nitrogens is 1. The monoisotopic (exact) mass is 251 g/mol. The van der Waals surface area contributed by atoms with Gasteiger partial charge in [-0.25, -0.2) is 0 Å². The van der Waals surface area contributed by atoms with E-state index >= 15 is 0 Å². The Kier molecular flexibility index (Phi) is 4.40. The van der Waals surface area contributed by atoms with Gasteiger partial charge in [-0.15, -0.1) is 0 Å². The highest BCUT2D eigenvalue weighted by molar-refractivity contribution is 5.05. The molecule has 1 saturated heterocycles. The second-order valence-electron chi connectivity index (χ2n) is 6.09. The molecule has 0 spiro atoms. The largest absolute Gasteiger partial charge is 0.360 e. The van der Waals surface area contributed by atoms with Gasteiger partial charge in [0.25, 0.3) is 0 Å². The third-order valence-electron chi connectivity index (χ3n) is 3.48. The van der Waals surface area contributed by atoms with E-state index in [0.717, 1.165) is 50.6 Å². The number of hydrogen-bond acceptors (Lipinski definition) is 4. The van der Waals surface area contributed by atoms with Gasteiger partial charge >= 0.3 is 0 Å². The van der Waals surface area contributed by atoms with E-state index in [1.165, 1.54) is 6.42 Å². The summed E-state index contributed by atoms with van der Waals surface area (Å²) in [6, 6.07) is 2.08. The predicted octanol–water partition coefficient (Wildman–Crippen LogP) is 2.41. The minimum Gasteiger partial charge on any atom is -0.360 e. The van der Waals surface area contributed by atoms with E-state index in [9.17, 15) is 0 Å². The predicted molar refractivity (Wildman–Crippen MR) is 72.2 cm³/mol. The van der Waals surface area contributed by atoms with Gasteiger partial charge in [-0.3, -0.25) is 4.90 Å². The lowest BCUT2D eigenvalue weighted by molar-refractivity contribution is 0.248. The van der Waals surface area contributed by atoms with Crippen molar-refractivity contribution >= 4 is 0 Å². The summed E-state index contributed by atoms with van der Waals surface area (Å²) in [5, 5.41) is 7.44. The van der Waals surface area contributed by atoms with Crippen LogP contribution in [0.1, 0.15) is 45.1 Å². The van der Waals surface area contributed by atoms with Gasteiger partial charge < -0.3 is 9.84 Å².